The topological polar surface area (TPSA) is 55.2 Å². The summed E-state index contributed by atoms with van der Waals surface area (Å²) in [6.07, 6.45) is 9.16. The molecule has 0 atom stereocenters. The molecule has 2 heterocycles. The van der Waals surface area contributed by atoms with Crippen LogP contribution >= 0.6 is 11.8 Å². The second kappa shape index (κ2) is 5.35. The van der Waals surface area contributed by atoms with E-state index in [0.29, 0.717) is 13.1 Å². The first kappa shape index (κ1) is 14.4. The molecule has 0 radical (unpaired) electrons. The lowest BCUT2D eigenvalue weighted by atomic mass is 9.88. The van der Waals surface area contributed by atoms with Gasteiger partial charge in [0.05, 0.1) is 6.33 Å². The molecular formula is C13H21N3O2S2. The quantitative estimate of drug-likeness (QED) is 0.836. The van der Waals surface area contributed by atoms with Gasteiger partial charge in [0.1, 0.15) is 0 Å². The lowest BCUT2D eigenvalue weighted by molar-refractivity contribution is 0.303. The molecule has 0 aromatic carbocycles. The first-order valence-corrected chi connectivity index (χ1v) is 9.57. The first-order chi connectivity index (χ1) is 9.52. The summed E-state index contributed by atoms with van der Waals surface area (Å²) in [6.45, 7) is 1.25. The van der Waals surface area contributed by atoms with Gasteiger partial charge in [-0.15, -0.1) is 0 Å². The Bertz CT molecular complexity index is 571. The number of thioether (sulfide) groups is 1. The molecule has 2 aliphatic rings. The molecule has 112 valence electrons. The van der Waals surface area contributed by atoms with Gasteiger partial charge in [-0.1, -0.05) is 19.3 Å². The maximum atomic E-state index is 12.7. The number of aryl methyl sites for hydroxylation is 1. The van der Waals surface area contributed by atoms with Crippen molar-refractivity contribution in [2.75, 3.05) is 18.8 Å². The van der Waals surface area contributed by atoms with Crippen molar-refractivity contribution >= 4 is 21.8 Å². The minimum absolute atomic E-state index is 0.151. The second-order valence-corrected chi connectivity index (χ2v) is 9.26. The van der Waals surface area contributed by atoms with Gasteiger partial charge in [-0.25, -0.2) is 13.4 Å². The van der Waals surface area contributed by atoms with E-state index in [1.807, 2.05) is 11.8 Å². The van der Waals surface area contributed by atoms with Crippen LogP contribution in [0.25, 0.3) is 0 Å². The van der Waals surface area contributed by atoms with Crippen LogP contribution in [0.5, 0.6) is 0 Å². The Balaban J connectivity index is 1.83. The number of hydrogen-bond donors (Lipinski definition) is 0. The zero-order chi connectivity index (χ0) is 14.2. The second-order valence-electron chi connectivity index (χ2n) is 5.81. The Morgan fingerprint density at radius 2 is 2.05 bits per heavy atom. The minimum Gasteiger partial charge on any atom is -0.339 e. The highest BCUT2D eigenvalue weighted by Gasteiger charge is 2.41. The van der Waals surface area contributed by atoms with Gasteiger partial charge in [0.2, 0.25) is 0 Å². The molecule has 0 unspecified atom stereocenters. The highest BCUT2D eigenvalue weighted by Crippen LogP contribution is 2.43. The zero-order valence-electron chi connectivity index (χ0n) is 11.8. The van der Waals surface area contributed by atoms with Crippen LogP contribution in [0, 0.1) is 0 Å². The SMILES string of the molecule is Cn1cnc(S(=O)(=O)N2CCSC3(CCCCC3)C2)c1. The largest absolute Gasteiger partial charge is 0.339 e. The fraction of sp³-hybridized carbons (Fsp3) is 0.769. The lowest BCUT2D eigenvalue weighted by Gasteiger charge is -2.43. The molecule has 1 aliphatic carbocycles. The average molecular weight is 315 g/mol. The normalized spacial score (nSPS) is 24.1. The van der Waals surface area contributed by atoms with E-state index >= 15 is 0 Å². The van der Waals surface area contributed by atoms with Gasteiger partial charge in [-0.05, 0) is 12.8 Å². The van der Waals surface area contributed by atoms with Gasteiger partial charge in [0.15, 0.2) is 5.03 Å². The van der Waals surface area contributed by atoms with Crippen molar-refractivity contribution in [1.82, 2.24) is 13.9 Å². The predicted octanol–water partition coefficient (Wildman–Crippen LogP) is 1.86. The van der Waals surface area contributed by atoms with Crippen LogP contribution in [-0.4, -0.2) is 45.9 Å². The van der Waals surface area contributed by atoms with E-state index in [1.165, 1.54) is 19.3 Å². The molecule has 1 saturated carbocycles. The number of nitrogens with zero attached hydrogens (tertiary/aromatic N) is 3. The van der Waals surface area contributed by atoms with Crippen molar-refractivity contribution in [3.05, 3.63) is 12.5 Å². The van der Waals surface area contributed by atoms with Gasteiger partial charge < -0.3 is 4.57 Å². The number of rotatable bonds is 2. The van der Waals surface area contributed by atoms with Crippen molar-refractivity contribution in [1.29, 1.82) is 0 Å². The van der Waals surface area contributed by atoms with E-state index < -0.39 is 10.0 Å². The van der Waals surface area contributed by atoms with Crippen molar-refractivity contribution in [2.24, 2.45) is 7.05 Å². The number of hydrogen-bond acceptors (Lipinski definition) is 4. The molecule has 0 N–H and O–H groups in total. The minimum atomic E-state index is -3.43. The molecule has 1 aromatic heterocycles. The lowest BCUT2D eigenvalue weighted by Crippen LogP contribution is -2.49. The van der Waals surface area contributed by atoms with E-state index in [2.05, 4.69) is 4.98 Å². The summed E-state index contributed by atoms with van der Waals surface area (Å²) >= 11 is 1.98. The molecule has 1 spiro atoms. The van der Waals surface area contributed by atoms with E-state index in [4.69, 9.17) is 0 Å². The highest BCUT2D eigenvalue weighted by molar-refractivity contribution is 8.00. The zero-order valence-corrected chi connectivity index (χ0v) is 13.4. The van der Waals surface area contributed by atoms with E-state index in [-0.39, 0.29) is 9.77 Å². The van der Waals surface area contributed by atoms with E-state index in [0.717, 1.165) is 18.6 Å². The Labute approximate surface area is 124 Å². The first-order valence-electron chi connectivity index (χ1n) is 7.14. The van der Waals surface area contributed by atoms with Gasteiger partial charge in [-0.3, -0.25) is 0 Å². The highest BCUT2D eigenvalue weighted by atomic mass is 32.2. The third-order valence-electron chi connectivity index (χ3n) is 4.26. The van der Waals surface area contributed by atoms with E-state index in [9.17, 15) is 8.42 Å². The molecule has 0 bridgehead atoms. The summed E-state index contributed by atoms with van der Waals surface area (Å²) in [5, 5.41) is 0.179. The fourth-order valence-electron chi connectivity index (χ4n) is 3.17. The van der Waals surface area contributed by atoms with Crippen LogP contribution in [-0.2, 0) is 17.1 Å². The van der Waals surface area contributed by atoms with Gasteiger partial charge in [-0.2, -0.15) is 16.1 Å². The van der Waals surface area contributed by atoms with Crippen LogP contribution in [0.4, 0.5) is 0 Å². The molecule has 3 rings (SSSR count). The van der Waals surface area contributed by atoms with Crippen LogP contribution in [0.15, 0.2) is 17.6 Å². The summed E-state index contributed by atoms with van der Waals surface area (Å²) in [4.78, 5) is 4.02. The standard InChI is InChI=1S/C13H21N3O2S2/c1-15-9-12(14-11-15)20(17,18)16-7-8-19-13(10-16)5-3-2-4-6-13/h9,11H,2-8,10H2,1H3. The predicted molar refractivity (Wildman–Crippen MR) is 80.2 cm³/mol. The Morgan fingerprint density at radius 1 is 1.30 bits per heavy atom. The molecule has 0 amide bonds. The van der Waals surface area contributed by atoms with Crippen LogP contribution in [0.2, 0.25) is 0 Å². The van der Waals surface area contributed by atoms with Crippen molar-refractivity contribution in [3.8, 4) is 0 Å². The summed E-state index contributed by atoms with van der Waals surface area (Å²) in [5.41, 5.74) is 0. The van der Waals surface area contributed by atoms with Crippen molar-refractivity contribution in [2.45, 2.75) is 41.9 Å². The molecule has 1 aliphatic heterocycles. The molecule has 2 fully saturated rings. The maximum absolute atomic E-state index is 12.7. The molecular weight excluding hydrogens is 294 g/mol. The average Bonchev–Trinajstić information content (AvgIpc) is 2.87. The van der Waals surface area contributed by atoms with Gasteiger partial charge in [0.25, 0.3) is 10.0 Å². The molecule has 1 saturated heterocycles. The van der Waals surface area contributed by atoms with Crippen LogP contribution in [0.1, 0.15) is 32.1 Å². The third-order valence-corrected chi connectivity index (χ3v) is 7.53. The molecule has 20 heavy (non-hydrogen) atoms. The maximum Gasteiger partial charge on any atom is 0.262 e. The molecule has 1 aromatic rings. The summed E-state index contributed by atoms with van der Waals surface area (Å²) < 4.78 is 28.8. The Kier molecular flexibility index (Phi) is 3.85. The summed E-state index contributed by atoms with van der Waals surface area (Å²) in [5.74, 6) is 0.895. The number of imidazole rings is 1. The molecule has 5 nitrogen and oxygen atoms in total. The van der Waals surface area contributed by atoms with Crippen LogP contribution < -0.4 is 0 Å². The van der Waals surface area contributed by atoms with Gasteiger partial charge >= 0.3 is 0 Å². The number of sulfonamides is 1. The van der Waals surface area contributed by atoms with Gasteiger partial charge in [0, 0.05) is 36.8 Å². The van der Waals surface area contributed by atoms with Crippen molar-refractivity contribution < 1.29 is 8.42 Å². The summed E-state index contributed by atoms with van der Waals surface area (Å²) in [7, 11) is -1.64. The summed E-state index contributed by atoms with van der Waals surface area (Å²) in [6, 6.07) is 0. The smallest absolute Gasteiger partial charge is 0.262 e. The monoisotopic (exact) mass is 315 g/mol. The van der Waals surface area contributed by atoms with Crippen molar-refractivity contribution in [3.63, 3.8) is 0 Å². The molecule has 7 heteroatoms. The number of aromatic nitrogens is 2. The fourth-order valence-corrected chi connectivity index (χ4v) is 6.43. The van der Waals surface area contributed by atoms with E-state index in [1.54, 1.807) is 28.4 Å². The Morgan fingerprint density at radius 3 is 2.70 bits per heavy atom. The Hall–Kier alpha value is -0.530. The van der Waals surface area contributed by atoms with Crippen LogP contribution in [0.3, 0.4) is 0 Å². The third kappa shape index (κ3) is 2.63.